The van der Waals surface area contributed by atoms with Crippen LogP contribution in [0.15, 0.2) is 24.3 Å². The summed E-state index contributed by atoms with van der Waals surface area (Å²) in [5.74, 6) is 0.335. The van der Waals surface area contributed by atoms with Gasteiger partial charge in [0, 0.05) is 23.2 Å². The lowest BCUT2D eigenvalue weighted by molar-refractivity contribution is 0.141. The van der Waals surface area contributed by atoms with Crippen molar-refractivity contribution in [1.82, 2.24) is 10.6 Å². The zero-order chi connectivity index (χ0) is 15.0. The Balaban J connectivity index is 2.05. The van der Waals surface area contributed by atoms with Crippen LogP contribution in [0.3, 0.4) is 0 Å². The highest BCUT2D eigenvalue weighted by Gasteiger charge is 2.37. The van der Waals surface area contributed by atoms with Crippen molar-refractivity contribution >= 4 is 0 Å². The van der Waals surface area contributed by atoms with Crippen molar-refractivity contribution in [3.8, 4) is 5.75 Å². The van der Waals surface area contributed by atoms with E-state index >= 15 is 0 Å². The maximum atomic E-state index is 9.60. The molecule has 0 aliphatic carbocycles. The molecular weight excluding hydrogens is 248 g/mol. The minimum absolute atomic E-state index is 0.151. The number of rotatable bonds is 3. The SMILES string of the molecule is CC(NC1CC(C)(C)NC(C)(C)C1)c1cccc(O)c1. The lowest BCUT2D eigenvalue weighted by Gasteiger charge is -2.47. The van der Waals surface area contributed by atoms with E-state index in [-0.39, 0.29) is 17.1 Å². The van der Waals surface area contributed by atoms with Crippen molar-refractivity contribution in [2.75, 3.05) is 0 Å². The van der Waals surface area contributed by atoms with Crippen LogP contribution in [-0.2, 0) is 0 Å². The number of hydrogen-bond donors (Lipinski definition) is 3. The Labute approximate surface area is 122 Å². The summed E-state index contributed by atoms with van der Waals surface area (Å²) < 4.78 is 0. The molecule has 1 fully saturated rings. The first kappa shape index (κ1) is 15.3. The predicted octanol–water partition coefficient (Wildman–Crippen LogP) is 3.35. The van der Waals surface area contributed by atoms with Gasteiger partial charge in [-0.2, -0.15) is 0 Å². The minimum atomic E-state index is 0.151. The summed E-state index contributed by atoms with van der Waals surface area (Å²) in [6.45, 7) is 11.2. The summed E-state index contributed by atoms with van der Waals surface area (Å²) in [5, 5.41) is 17.0. The van der Waals surface area contributed by atoms with Gasteiger partial charge < -0.3 is 15.7 Å². The van der Waals surface area contributed by atoms with Gasteiger partial charge in [0.1, 0.15) is 5.75 Å². The van der Waals surface area contributed by atoms with Gasteiger partial charge in [-0.25, -0.2) is 0 Å². The number of piperidine rings is 1. The Hall–Kier alpha value is -1.06. The van der Waals surface area contributed by atoms with E-state index < -0.39 is 0 Å². The first-order valence-electron chi connectivity index (χ1n) is 7.51. The third-order valence-corrected chi connectivity index (χ3v) is 4.05. The number of aromatic hydroxyl groups is 1. The van der Waals surface area contributed by atoms with E-state index in [4.69, 9.17) is 0 Å². The largest absolute Gasteiger partial charge is 0.508 e. The van der Waals surface area contributed by atoms with Crippen LogP contribution in [0, 0.1) is 0 Å². The Morgan fingerprint density at radius 3 is 2.35 bits per heavy atom. The van der Waals surface area contributed by atoms with Crippen LogP contribution in [0.2, 0.25) is 0 Å². The maximum Gasteiger partial charge on any atom is 0.115 e. The molecule has 1 aliphatic heterocycles. The monoisotopic (exact) mass is 276 g/mol. The first-order valence-corrected chi connectivity index (χ1v) is 7.51. The molecule has 1 unspecified atom stereocenters. The topological polar surface area (TPSA) is 44.3 Å². The van der Waals surface area contributed by atoms with Crippen molar-refractivity contribution in [2.45, 2.75) is 70.6 Å². The Bertz CT molecular complexity index is 452. The molecule has 3 N–H and O–H groups in total. The molecule has 1 heterocycles. The molecule has 0 bridgehead atoms. The van der Waals surface area contributed by atoms with Gasteiger partial charge in [-0.1, -0.05) is 12.1 Å². The smallest absolute Gasteiger partial charge is 0.115 e. The van der Waals surface area contributed by atoms with Crippen LogP contribution in [0.4, 0.5) is 0 Å². The van der Waals surface area contributed by atoms with Gasteiger partial charge in [0.05, 0.1) is 0 Å². The Kier molecular flexibility index (Phi) is 4.12. The summed E-state index contributed by atoms with van der Waals surface area (Å²) >= 11 is 0. The molecule has 1 saturated heterocycles. The molecule has 112 valence electrons. The van der Waals surface area contributed by atoms with E-state index in [0.29, 0.717) is 11.8 Å². The van der Waals surface area contributed by atoms with E-state index in [0.717, 1.165) is 18.4 Å². The number of hydrogen-bond acceptors (Lipinski definition) is 3. The molecule has 3 nitrogen and oxygen atoms in total. The van der Waals surface area contributed by atoms with Crippen molar-refractivity contribution in [3.05, 3.63) is 29.8 Å². The zero-order valence-corrected chi connectivity index (χ0v) is 13.3. The molecule has 1 aromatic carbocycles. The minimum Gasteiger partial charge on any atom is -0.508 e. The normalized spacial score (nSPS) is 23.4. The van der Waals surface area contributed by atoms with Gasteiger partial charge >= 0.3 is 0 Å². The van der Waals surface area contributed by atoms with E-state index in [2.05, 4.69) is 51.3 Å². The van der Waals surface area contributed by atoms with E-state index in [1.165, 1.54) is 0 Å². The second-order valence-electron chi connectivity index (χ2n) is 7.48. The van der Waals surface area contributed by atoms with Gasteiger partial charge in [0.25, 0.3) is 0 Å². The summed E-state index contributed by atoms with van der Waals surface area (Å²) in [7, 11) is 0. The molecule has 0 aromatic heterocycles. The van der Waals surface area contributed by atoms with Gasteiger partial charge in [-0.05, 0) is 65.2 Å². The molecule has 1 atom stereocenters. The van der Waals surface area contributed by atoms with Gasteiger partial charge in [0.2, 0.25) is 0 Å². The standard InChI is InChI=1S/C17H28N2O/c1-12(13-7-6-8-15(20)9-13)18-14-10-16(2,3)19-17(4,5)11-14/h6-9,12,14,18-20H,10-11H2,1-5H3. The van der Waals surface area contributed by atoms with Crippen LogP contribution in [0.5, 0.6) is 5.75 Å². The average molecular weight is 276 g/mol. The number of benzene rings is 1. The van der Waals surface area contributed by atoms with Gasteiger partial charge in [-0.3, -0.25) is 0 Å². The molecule has 20 heavy (non-hydrogen) atoms. The van der Waals surface area contributed by atoms with Crippen LogP contribution in [0.1, 0.15) is 59.1 Å². The molecular formula is C17H28N2O. The van der Waals surface area contributed by atoms with E-state index in [9.17, 15) is 5.11 Å². The van der Waals surface area contributed by atoms with E-state index in [1.807, 2.05) is 12.1 Å². The van der Waals surface area contributed by atoms with Crippen molar-refractivity contribution in [1.29, 1.82) is 0 Å². The molecule has 1 aromatic rings. The van der Waals surface area contributed by atoms with Crippen LogP contribution in [-0.4, -0.2) is 22.2 Å². The van der Waals surface area contributed by atoms with Crippen molar-refractivity contribution in [2.24, 2.45) is 0 Å². The number of nitrogens with one attached hydrogen (secondary N) is 2. The average Bonchev–Trinajstić information content (AvgIpc) is 2.24. The van der Waals surface area contributed by atoms with Crippen LogP contribution < -0.4 is 10.6 Å². The Morgan fingerprint density at radius 1 is 1.20 bits per heavy atom. The number of phenols is 1. The highest BCUT2D eigenvalue weighted by Crippen LogP contribution is 2.30. The predicted molar refractivity (Wildman–Crippen MR) is 84.0 cm³/mol. The molecule has 0 radical (unpaired) electrons. The van der Waals surface area contributed by atoms with E-state index in [1.54, 1.807) is 6.07 Å². The van der Waals surface area contributed by atoms with Crippen molar-refractivity contribution in [3.63, 3.8) is 0 Å². The summed E-state index contributed by atoms with van der Waals surface area (Å²) in [4.78, 5) is 0. The molecule has 3 heteroatoms. The first-order chi connectivity index (χ1) is 9.17. The molecule has 0 spiro atoms. The zero-order valence-electron chi connectivity index (χ0n) is 13.3. The second kappa shape index (κ2) is 5.38. The van der Waals surface area contributed by atoms with Crippen molar-refractivity contribution < 1.29 is 5.11 Å². The summed E-state index contributed by atoms with van der Waals surface area (Å²) in [6, 6.07) is 8.26. The molecule has 0 saturated carbocycles. The summed E-state index contributed by atoms with van der Waals surface area (Å²) in [5.41, 5.74) is 1.44. The molecule has 1 aliphatic rings. The lowest BCUT2D eigenvalue weighted by atomic mass is 9.79. The highest BCUT2D eigenvalue weighted by molar-refractivity contribution is 5.29. The second-order valence-corrected chi connectivity index (χ2v) is 7.48. The van der Waals surface area contributed by atoms with Gasteiger partial charge in [-0.15, -0.1) is 0 Å². The van der Waals surface area contributed by atoms with Gasteiger partial charge in [0.15, 0.2) is 0 Å². The highest BCUT2D eigenvalue weighted by atomic mass is 16.3. The van der Waals surface area contributed by atoms with Crippen LogP contribution in [0.25, 0.3) is 0 Å². The summed E-state index contributed by atoms with van der Waals surface area (Å²) in [6.07, 6.45) is 2.22. The third-order valence-electron chi connectivity index (χ3n) is 4.05. The maximum absolute atomic E-state index is 9.60. The quantitative estimate of drug-likeness (QED) is 0.793. The molecule has 2 rings (SSSR count). The lowest BCUT2D eigenvalue weighted by Crippen LogP contribution is -2.61. The van der Waals surface area contributed by atoms with Crippen LogP contribution >= 0.6 is 0 Å². The fourth-order valence-electron chi connectivity index (χ4n) is 3.68. The fraction of sp³-hybridized carbons (Fsp3) is 0.647. The number of phenolic OH excluding ortho intramolecular Hbond substituents is 1. The Morgan fingerprint density at radius 2 is 1.80 bits per heavy atom. The molecule has 0 amide bonds. The third kappa shape index (κ3) is 3.97. The fourth-order valence-corrected chi connectivity index (χ4v) is 3.68.